The number of hydrogen-bond acceptors (Lipinski definition) is 4. The Morgan fingerprint density at radius 2 is 1.83 bits per heavy atom. The zero-order valence-corrected chi connectivity index (χ0v) is 21.2. The van der Waals surface area contributed by atoms with Gasteiger partial charge in [0.15, 0.2) is 0 Å². The lowest BCUT2D eigenvalue weighted by Gasteiger charge is -2.43. The van der Waals surface area contributed by atoms with Gasteiger partial charge in [-0.1, -0.05) is 13.0 Å². The number of nitrogens with one attached hydrogen (secondary N) is 2. The van der Waals surface area contributed by atoms with E-state index in [-0.39, 0.29) is 36.0 Å². The van der Waals surface area contributed by atoms with Gasteiger partial charge in [-0.25, -0.2) is 0 Å². The number of hydrogen-bond donors (Lipinski definition) is 2. The van der Waals surface area contributed by atoms with E-state index in [2.05, 4.69) is 36.3 Å². The third kappa shape index (κ3) is 6.99. The molecule has 1 heterocycles. The quantitative estimate of drug-likeness (QED) is 0.562. The standard InChI is InChI=1S/C26H37F3N4O3/c1-4-33(17(2)3)20-10-11-22(21(15-20)25(36)32-12-5-6-13-32)31-23(34)16-30-24(35)18-8-7-9-19(14-18)26(27,28)29/h7-9,14,17,20-22H,4-6,10-13,15-16H2,1-3H3,(H,30,35)(H,31,34)/t20-,21-,22+/m1/s1. The molecule has 7 nitrogen and oxygen atoms in total. The summed E-state index contributed by atoms with van der Waals surface area (Å²) in [6.45, 7) is 8.35. The molecule has 2 N–H and O–H groups in total. The van der Waals surface area contributed by atoms with E-state index in [1.807, 2.05) is 4.90 Å². The van der Waals surface area contributed by atoms with Crippen LogP contribution in [0.4, 0.5) is 13.2 Å². The van der Waals surface area contributed by atoms with Crippen LogP contribution < -0.4 is 10.6 Å². The number of alkyl halides is 3. The number of benzene rings is 1. The number of rotatable bonds is 8. The first-order chi connectivity index (χ1) is 17.0. The van der Waals surface area contributed by atoms with Crippen molar-refractivity contribution in [3.8, 4) is 0 Å². The van der Waals surface area contributed by atoms with Gasteiger partial charge in [0.1, 0.15) is 0 Å². The topological polar surface area (TPSA) is 81.8 Å². The molecule has 1 saturated heterocycles. The van der Waals surface area contributed by atoms with Crippen LogP contribution in [0.1, 0.15) is 68.8 Å². The van der Waals surface area contributed by atoms with E-state index < -0.39 is 23.6 Å². The van der Waals surface area contributed by atoms with Gasteiger partial charge < -0.3 is 15.5 Å². The highest BCUT2D eigenvalue weighted by Crippen LogP contribution is 2.32. The van der Waals surface area contributed by atoms with Crippen LogP contribution in [-0.4, -0.2) is 71.8 Å². The second-order valence-electron chi connectivity index (χ2n) is 9.97. The molecule has 0 spiro atoms. The Bertz CT molecular complexity index is 931. The van der Waals surface area contributed by atoms with Gasteiger partial charge in [-0.2, -0.15) is 13.2 Å². The van der Waals surface area contributed by atoms with Crippen LogP contribution in [-0.2, 0) is 15.8 Å². The van der Waals surface area contributed by atoms with E-state index in [4.69, 9.17) is 0 Å². The van der Waals surface area contributed by atoms with Crippen molar-refractivity contribution in [3.05, 3.63) is 35.4 Å². The van der Waals surface area contributed by atoms with E-state index in [0.29, 0.717) is 18.9 Å². The van der Waals surface area contributed by atoms with Gasteiger partial charge in [0.2, 0.25) is 11.8 Å². The Morgan fingerprint density at radius 3 is 2.44 bits per heavy atom. The van der Waals surface area contributed by atoms with Gasteiger partial charge in [-0.15, -0.1) is 0 Å². The third-order valence-electron chi connectivity index (χ3n) is 7.26. The fourth-order valence-corrected chi connectivity index (χ4v) is 5.47. The van der Waals surface area contributed by atoms with Gasteiger partial charge in [-0.05, 0) is 70.7 Å². The normalized spacial score (nSPS) is 22.7. The highest BCUT2D eigenvalue weighted by molar-refractivity contribution is 5.96. The fourth-order valence-electron chi connectivity index (χ4n) is 5.47. The van der Waals surface area contributed by atoms with Crippen LogP contribution in [0.3, 0.4) is 0 Å². The molecule has 0 unspecified atom stereocenters. The average molecular weight is 511 g/mol. The summed E-state index contributed by atoms with van der Waals surface area (Å²) in [6.07, 6.45) is -0.459. The number of likely N-dealkylation sites (tertiary alicyclic amines) is 1. The molecule has 3 amide bonds. The maximum Gasteiger partial charge on any atom is 0.416 e. The van der Waals surface area contributed by atoms with Crippen LogP contribution in [0.25, 0.3) is 0 Å². The van der Waals surface area contributed by atoms with Gasteiger partial charge >= 0.3 is 6.18 Å². The molecule has 1 aromatic rings. The molecule has 0 aromatic heterocycles. The minimum Gasteiger partial charge on any atom is -0.351 e. The molecule has 1 aliphatic carbocycles. The summed E-state index contributed by atoms with van der Waals surface area (Å²) in [5.41, 5.74) is -1.10. The smallest absolute Gasteiger partial charge is 0.351 e. The maximum atomic E-state index is 13.4. The van der Waals surface area contributed by atoms with Crippen molar-refractivity contribution >= 4 is 17.7 Å². The molecular weight excluding hydrogens is 473 g/mol. The third-order valence-corrected chi connectivity index (χ3v) is 7.26. The number of halogens is 3. The number of amides is 3. The average Bonchev–Trinajstić information content (AvgIpc) is 3.38. The summed E-state index contributed by atoms with van der Waals surface area (Å²) >= 11 is 0. The van der Waals surface area contributed by atoms with Crippen LogP contribution in [0.15, 0.2) is 24.3 Å². The van der Waals surface area contributed by atoms with E-state index in [1.54, 1.807) is 0 Å². The molecule has 10 heteroatoms. The molecule has 3 rings (SSSR count). The predicted molar refractivity (Wildman–Crippen MR) is 130 cm³/mol. The van der Waals surface area contributed by atoms with Gasteiger partial charge in [-0.3, -0.25) is 19.3 Å². The number of carbonyl (C=O) groups excluding carboxylic acids is 3. The second kappa shape index (κ2) is 12.1. The summed E-state index contributed by atoms with van der Waals surface area (Å²) < 4.78 is 38.8. The van der Waals surface area contributed by atoms with Crippen molar-refractivity contribution in [2.75, 3.05) is 26.2 Å². The first-order valence-electron chi connectivity index (χ1n) is 12.8. The number of carbonyl (C=O) groups is 3. The van der Waals surface area contributed by atoms with E-state index in [1.165, 1.54) is 6.07 Å². The minimum atomic E-state index is -4.56. The lowest BCUT2D eigenvalue weighted by molar-refractivity contribution is -0.138. The van der Waals surface area contributed by atoms with Crippen LogP contribution in [0.5, 0.6) is 0 Å². The zero-order chi connectivity index (χ0) is 26.5. The molecule has 2 fully saturated rings. The van der Waals surface area contributed by atoms with Crippen LogP contribution >= 0.6 is 0 Å². The molecule has 200 valence electrons. The van der Waals surface area contributed by atoms with Crippen LogP contribution in [0, 0.1) is 5.92 Å². The van der Waals surface area contributed by atoms with E-state index in [0.717, 1.165) is 57.1 Å². The Labute approximate surface area is 210 Å². The van der Waals surface area contributed by atoms with Gasteiger partial charge in [0.25, 0.3) is 5.91 Å². The van der Waals surface area contributed by atoms with Crippen LogP contribution in [0.2, 0.25) is 0 Å². The fraction of sp³-hybridized carbons (Fsp3) is 0.654. The van der Waals surface area contributed by atoms with E-state index >= 15 is 0 Å². The minimum absolute atomic E-state index is 0.0651. The predicted octanol–water partition coefficient (Wildman–Crippen LogP) is 3.44. The molecule has 2 aliphatic rings. The zero-order valence-electron chi connectivity index (χ0n) is 21.2. The molecule has 0 radical (unpaired) electrons. The van der Waals surface area contributed by atoms with Crippen molar-refractivity contribution in [3.63, 3.8) is 0 Å². The van der Waals surface area contributed by atoms with E-state index in [9.17, 15) is 27.6 Å². The highest BCUT2D eigenvalue weighted by atomic mass is 19.4. The van der Waals surface area contributed by atoms with Crippen molar-refractivity contribution in [1.82, 2.24) is 20.4 Å². The van der Waals surface area contributed by atoms with Crippen molar-refractivity contribution in [2.24, 2.45) is 5.92 Å². The molecule has 1 saturated carbocycles. The largest absolute Gasteiger partial charge is 0.416 e. The van der Waals surface area contributed by atoms with Crippen molar-refractivity contribution in [1.29, 1.82) is 0 Å². The monoisotopic (exact) mass is 510 g/mol. The van der Waals surface area contributed by atoms with Gasteiger partial charge in [0.05, 0.1) is 18.0 Å². The van der Waals surface area contributed by atoms with Crippen molar-refractivity contribution in [2.45, 2.75) is 77.2 Å². The summed E-state index contributed by atoms with van der Waals surface area (Å²) in [6, 6.07) is 4.31. The lowest BCUT2D eigenvalue weighted by Crippen LogP contribution is -2.55. The first-order valence-corrected chi connectivity index (χ1v) is 12.8. The Morgan fingerprint density at radius 1 is 1.14 bits per heavy atom. The SMILES string of the molecule is CCN(C(C)C)[C@@H]1CC[C@H](NC(=O)CNC(=O)c2cccc(C(F)(F)F)c2)[C@H](C(=O)N2CCCC2)C1. The number of nitrogens with zero attached hydrogens (tertiary/aromatic N) is 2. The molecule has 1 aliphatic heterocycles. The maximum absolute atomic E-state index is 13.4. The summed E-state index contributed by atoms with van der Waals surface area (Å²) in [4.78, 5) is 42.7. The Hall–Kier alpha value is -2.62. The summed E-state index contributed by atoms with van der Waals surface area (Å²) in [7, 11) is 0. The Kier molecular flexibility index (Phi) is 9.38. The lowest BCUT2D eigenvalue weighted by atomic mass is 9.79. The first kappa shape index (κ1) is 28.0. The molecule has 3 atom stereocenters. The summed E-state index contributed by atoms with van der Waals surface area (Å²) in [5, 5.41) is 5.32. The summed E-state index contributed by atoms with van der Waals surface area (Å²) in [5.74, 6) is -1.51. The second-order valence-corrected chi connectivity index (χ2v) is 9.97. The van der Waals surface area contributed by atoms with Crippen molar-refractivity contribution < 1.29 is 27.6 Å². The Balaban J connectivity index is 1.63. The molecule has 0 bridgehead atoms. The van der Waals surface area contributed by atoms with Gasteiger partial charge in [0, 0.05) is 36.8 Å². The molecule has 1 aromatic carbocycles. The molecular formula is C26H37F3N4O3. The highest BCUT2D eigenvalue weighted by Gasteiger charge is 2.40. The molecule has 36 heavy (non-hydrogen) atoms.